The van der Waals surface area contributed by atoms with E-state index >= 15 is 0 Å². The lowest BCUT2D eigenvalue weighted by atomic mass is 9.71. The monoisotopic (exact) mass is 225 g/mol. The van der Waals surface area contributed by atoms with Crippen LogP contribution in [-0.2, 0) is 5.41 Å². The van der Waals surface area contributed by atoms with Crippen molar-refractivity contribution in [2.24, 2.45) is 0 Å². The number of para-hydroxylation sites is 1. The maximum absolute atomic E-state index is 3.41. The Hall–Kier alpha value is -1.50. The number of aromatic nitrogens is 1. The molecule has 1 nitrogen and oxygen atoms in total. The van der Waals surface area contributed by atoms with E-state index in [1.807, 2.05) is 0 Å². The van der Waals surface area contributed by atoms with Crippen molar-refractivity contribution in [3.8, 4) is 0 Å². The molecule has 1 aromatic heterocycles. The molecule has 1 aromatic carbocycles. The van der Waals surface area contributed by atoms with Crippen LogP contribution in [0.3, 0.4) is 0 Å². The van der Waals surface area contributed by atoms with Crippen LogP contribution in [0.15, 0.2) is 42.6 Å². The fraction of sp³-hybridized carbons (Fsp3) is 0.375. The summed E-state index contributed by atoms with van der Waals surface area (Å²) in [7, 11) is 0. The highest BCUT2D eigenvalue weighted by molar-refractivity contribution is 5.84. The predicted molar refractivity (Wildman–Crippen MR) is 73.3 cm³/mol. The number of hydrogen-bond acceptors (Lipinski definition) is 0. The zero-order valence-corrected chi connectivity index (χ0v) is 10.4. The molecule has 88 valence electrons. The van der Waals surface area contributed by atoms with Gasteiger partial charge in [-0.3, -0.25) is 0 Å². The Balaban J connectivity index is 2.19. The third-order valence-corrected chi connectivity index (χ3v) is 4.19. The van der Waals surface area contributed by atoms with Crippen LogP contribution in [0.25, 0.3) is 10.9 Å². The lowest BCUT2D eigenvalue weighted by Crippen LogP contribution is -2.24. The van der Waals surface area contributed by atoms with E-state index in [0.29, 0.717) is 0 Å². The maximum Gasteiger partial charge on any atom is 0.0457 e. The van der Waals surface area contributed by atoms with Crippen LogP contribution < -0.4 is 0 Å². The van der Waals surface area contributed by atoms with Crippen molar-refractivity contribution in [2.75, 3.05) is 0 Å². The molecule has 1 N–H and O–H groups in total. The van der Waals surface area contributed by atoms with Crippen LogP contribution >= 0.6 is 0 Å². The minimum absolute atomic E-state index is 0.262. The van der Waals surface area contributed by atoms with Gasteiger partial charge in [0.25, 0.3) is 0 Å². The van der Waals surface area contributed by atoms with Crippen molar-refractivity contribution < 1.29 is 0 Å². The summed E-state index contributed by atoms with van der Waals surface area (Å²) < 4.78 is 0. The highest BCUT2D eigenvalue weighted by Crippen LogP contribution is 2.41. The second kappa shape index (κ2) is 4.06. The molecule has 0 aliphatic heterocycles. The van der Waals surface area contributed by atoms with Crippen LogP contribution in [-0.4, -0.2) is 4.98 Å². The normalized spacial score (nSPS) is 24.3. The molecule has 0 saturated heterocycles. The topological polar surface area (TPSA) is 15.8 Å². The third kappa shape index (κ3) is 1.61. The van der Waals surface area contributed by atoms with Gasteiger partial charge in [-0.2, -0.15) is 0 Å². The molecule has 1 aliphatic rings. The summed E-state index contributed by atoms with van der Waals surface area (Å²) >= 11 is 0. The largest absolute Gasteiger partial charge is 0.361 e. The number of benzene rings is 1. The third-order valence-electron chi connectivity index (χ3n) is 4.19. The molecule has 0 radical (unpaired) electrons. The molecule has 17 heavy (non-hydrogen) atoms. The van der Waals surface area contributed by atoms with Gasteiger partial charge in [0.2, 0.25) is 0 Å². The molecule has 0 bridgehead atoms. The zero-order valence-electron chi connectivity index (χ0n) is 10.4. The van der Waals surface area contributed by atoms with Crippen LogP contribution in [0.1, 0.15) is 38.2 Å². The SMILES string of the molecule is CCC1(c2c[nH]c3ccccc23)C=CCCC1. The van der Waals surface area contributed by atoms with Gasteiger partial charge < -0.3 is 4.98 Å². The molecule has 0 fully saturated rings. The minimum Gasteiger partial charge on any atom is -0.361 e. The van der Waals surface area contributed by atoms with Crippen LogP contribution in [0, 0.1) is 0 Å². The number of nitrogens with one attached hydrogen (secondary N) is 1. The first-order valence-corrected chi connectivity index (χ1v) is 6.60. The highest BCUT2D eigenvalue weighted by atomic mass is 14.7. The van der Waals surface area contributed by atoms with Gasteiger partial charge in [0.1, 0.15) is 0 Å². The Labute approximate surface area is 103 Å². The van der Waals surface area contributed by atoms with E-state index in [1.54, 1.807) is 0 Å². The van der Waals surface area contributed by atoms with Crippen molar-refractivity contribution in [1.29, 1.82) is 0 Å². The van der Waals surface area contributed by atoms with Gasteiger partial charge in [0.15, 0.2) is 0 Å². The Morgan fingerprint density at radius 1 is 1.29 bits per heavy atom. The van der Waals surface area contributed by atoms with E-state index in [0.717, 1.165) is 0 Å². The van der Waals surface area contributed by atoms with E-state index in [4.69, 9.17) is 0 Å². The van der Waals surface area contributed by atoms with Gasteiger partial charge in [0, 0.05) is 22.5 Å². The number of hydrogen-bond donors (Lipinski definition) is 1. The van der Waals surface area contributed by atoms with Gasteiger partial charge in [0.05, 0.1) is 0 Å². The van der Waals surface area contributed by atoms with E-state index in [2.05, 4.69) is 54.5 Å². The number of H-pyrrole nitrogens is 1. The first kappa shape index (κ1) is 10.6. The molecule has 1 atom stereocenters. The van der Waals surface area contributed by atoms with Gasteiger partial charge in [-0.1, -0.05) is 37.3 Å². The first-order chi connectivity index (χ1) is 8.36. The zero-order chi connectivity index (χ0) is 11.7. The Kier molecular flexibility index (Phi) is 2.54. The number of allylic oxidation sites excluding steroid dienone is 2. The molecule has 1 heteroatoms. The number of fused-ring (bicyclic) bond motifs is 1. The minimum atomic E-state index is 0.262. The molecule has 0 spiro atoms. The lowest BCUT2D eigenvalue weighted by Gasteiger charge is -2.32. The second-order valence-electron chi connectivity index (χ2n) is 5.05. The molecule has 3 rings (SSSR count). The number of aromatic amines is 1. The average Bonchev–Trinajstić information content (AvgIpc) is 2.84. The van der Waals surface area contributed by atoms with Crippen molar-refractivity contribution in [3.63, 3.8) is 0 Å². The molecule has 1 unspecified atom stereocenters. The number of rotatable bonds is 2. The molecule has 1 aliphatic carbocycles. The van der Waals surface area contributed by atoms with E-state index in [1.165, 1.54) is 42.1 Å². The first-order valence-electron chi connectivity index (χ1n) is 6.60. The Morgan fingerprint density at radius 3 is 2.94 bits per heavy atom. The van der Waals surface area contributed by atoms with Crippen molar-refractivity contribution >= 4 is 10.9 Å². The molecular formula is C16H19N. The highest BCUT2D eigenvalue weighted by Gasteiger charge is 2.30. The predicted octanol–water partition coefficient (Wildman–Crippen LogP) is 4.56. The summed E-state index contributed by atoms with van der Waals surface area (Å²) in [6.45, 7) is 2.30. The Morgan fingerprint density at radius 2 is 2.18 bits per heavy atom. The summed E-state index contributed by atoms with van der Waals surface area (Å²) in [5.74, 6) is 0. The van der Waals surface area contributed by atoms with Crippen LogP contribution in [0.2, 0.25) is 0 Å². The summed E-state index contributed by atoms with van der Waals surface area (Å²) in [5.41, 5.74) is 3.00. The van der Waals surface area contributed by atoms with Gasteiger partial charge in [-0.25, -0.2) is 0 Å². The van der Waals surface area contributed by atoms with Crippen molar-refractivity contribution in [1.82, 2.24) is 4.98 Å². The fourth-order valence-corrected chi connectivity index (χ4v) is 3.12. The standard InChI is InChI=1S/C16H19N/c1-2-16(10-6-3-7-11-16)14-12-17-15-9-5-4-8-13(14)15/h4-6,8-10,12,17H,2-3,7,11H2,1H3. The Bertz CT molecular complexity index is 549. The molecule has 0 amide bonds. The van der Waals surface area contributed by atoms with Gasteiger partial charge >= 0.3 is 0 Å². The molecule has 1 heterocycles. The van der Waals surface area contributed by atoms with Crippen LogP contribution in [0.5, 0.6) is 0 Å². The smallest absolute Gasteiger partial charge is 0.0457 e. The molecule has 0 saturated carbocycles. The summed E-state index contributed by atoms with van der Waals surface area (Å²) in [6, 6.07) is 8.63. The lowest BCUT2D eigenvalue weighted by molar-refractivity contribution is 0.444. The van der Waals surface area contributed by atoms with E-state index in [-0.39, 0.29) is 5.41 Å². The quantitative estimate of drug-likeness (QED) is 0.721. The fourth-order valence-electron chi connectivity index (χ4n) is 3.12. The van der Waals surface area contributed by atoms with Gasteiger partial charge in [-0.15, -0.1) is 0 Å². The van der Waals surface area contributed by atoms with E-state index < -0.39 is 0 Å². The van der Waals surface area contributed by atoms with Crippen LogP contribution in [0.4, 0.5) is 0 Å². The average molecular weight is 225 g/mol. The molecule has 2 aromatic rings. The summed E-state index contributed by atoms with van der Waals surface area (Å²) in [4.78, 5) is 3.41. The maximum atomic E-state index is 3.41. The van der Waals surface area contributed by atoms with E-state index in [9.17, 15) is 0 Å². The summed E-state index contributed by atoms with van der Waals surface area (Å²) in [6.07, 6.45) is 12.0. The van der Waals surface area contributed by atoms with Crippen molar-refractivity contribution in [3.05, 3.63) is 48.2 Å². The molecular weight excluding hydrogens is 206 g/mol. The second-order valence-corrected chi connectivity index (χ2v) is 5.05. The van der Waals surface area contributed by atoms with Crippen molar-refractivity contribution in [2.45, 2.75) is 38.0 Å². The van der Waals surface area contributed by atoms with Gasteiger partial charge in [-0.05, 0) is 37.3 Å². The summed E-state index contributed by atoms with van der Waals surface area (Å²) in [5, 5.41) is 1.39.